The van der Waals surface area contributed by atoms with Crippen LogP contribution in [0.2, 0.25) is 10.0 Å². The lowest BCUT2D eigenvalue weighted by Crippen LogP contribution is -1.93. The summed E-state index contributed by atoms with van der Waals surface area (Å²) < 4.78 is 0. The maximum absolute atomic E-state index is 9.30. The molecule has 0 aliphatic rings. The molecule has 1 rings (SSSR count). The first-order chi connectivity index (χ1) is 7.00. The first-order valence-corrected chi connectivity index (χ1v) is 5.93. The van der Waals surface area contributed by atoms with E-state index in [1.807, 2.05) is 13.8 Å². The van der Waals surface area contributed by atoms with E-state index in [0.717, 1.165) is 12.0 Å². The van der Waals surface area contributed by atoms with Gasteiger partial charge in [0.1, 0.15) is 0 Å². The first kappa shape index (κ1) is 14.6. The predicted molar refractivity (Wildman–Crippen MR) is 68.0 cm³/mol. The highest BCUT2D eigenvalue weighted by Gasteiger charge is 2.07. The quantitative estimate of drug-likeness (QED) is 0.788. The Kier molecular flexibility index (Phi) is 6.78. The molecule has 0 spiro atoms. The van der Waals surface area contributed by atoms with E-state index in [9.17, 15) is 5.11 Å². The second-order valence-electron chi connectivity index (χ2n) is 3.51. The van der Waals surface area contributed by atoms with Gasteiger partial charge in [0.25, 0.3) is 0 Å². The van der Waals surface area contributed by atoms with Crippen LogP contribution in [0.4, 0.5) is 0 Å². The zero-order valence-electron chi connectivity index (χ0n) is 9.64. The van der Waals surface area contributed by atoms with E-state index < -0.39 is 0 Å². The summed E-state index contributed by atoms with van der Waals surface area (Å²) in [6.45, 7) is 8.24. The largest absolute Gasteiger partial charge is 0.505 e. The molecule has 1 nitrogen and oxygen atoms in total. The average molecular weight is 249 g/mol. The van der Waals surface area contributed by atoms with Gasteiger partial charge in [0.2, 0.25) is 0 Å². The van der Waals surface area contributed by atoms with Gasteiger partial charge in [0.05, 0.1) is 10.0 Å². The summed E-state index contributed by atoms with van der Waals surface area (Å²) >= 11 is 11.5. The topological polar surface area (TPSA) is 20.2 Å². The van der Waals surface area contributed by atoms with Gasteiger partial charge in [0, 0.05) is 0 Å². The summed E-state index contributed by atoms with van der Waals surface area (Å²) in [5.74, 6) is 0.521. The fourth-order valence-corrected chi connectivity index (χ4v) is 1.74. The standard InChI is InChI=1S/C10H12Cl2O.C2H6/c1-6(2)3-7-4-8(11)10(13)9(12)5-7;1-2/h4-6,13H,3H2,1-2H3;1-2H3. The second kappa shape index (κ2) is 6.97. The molecule has 0 radical (unpaired) electrons. The highest BCUT2D eigenvalue weighted by molar-refractivity contribution is 6.37. The normalized spacial score (nSPS) is 9.80. The van der Waals surface area contributed by atoms with E-state index in [2.05, 4.69) is 13.8 Å². The van der Waals surface area contributed by atoms with Crippen molar-refractivity contribution in [2.24, 2.45) is 5.92 Å². The van der Waals surface area contributed by atoms with E-state index in [4.69, 9.17) is 23.2 Å². The smallest absolute Gasteiger partial charge is 0.152 e. The van der Waals surface area contributed by atoms with Crippen LogP contribution < -0.4 is 0 Å². The zero-order valence-corrected chi connectivity index (χ0v) is 11.2. The van der Waals surface area contributed by atoms with E-state index in [1.165, 1.54) is 0 Å². The molecule has 1 aromatic rings. The summed E-state index contributed by atoms with van der Waals surface area (Å²) in [5, 5.41) is 9.95. The fourth-order valence-electron chi connectivity index (χ4n) is 1.21. The van der Waals surface area contributed by atoms with Crippen LogP contribution in [0.3, 0.4) is 0 Å². The van der Waals surface area contributed by atoms with Gasteiger partial charge in [-0.2, -0.15) is 0 Å². The summed E-state index contributed by atoms with van der Waals surface area (Å²) in [6, 6.07) is 3.51. The maximum atomic E-state index is 9.30. The Morgan fingerprint density at radius 1 is 1.13 bits per heavy atom. The number of phenolic OH excluding ortho intramolecular Hbond substituents is 1. The maximum Gasteiger partial charge on any atom is 0.152 e. The van der Waals surface area contributed by atoms with E-state index >= 15 is 0 Å². The van der Waals surface area contributed by atoms with Crippen molar-refractivity contribution >= 4 is 23.2 Å². The van der Waals surface area contributed by atoms with Gasteiger partial charge >= 0.3 is 0 Å². The van der Waals surface area contributed by atoms with Crippen LogP contribution in [0.15, 0.2) is 12.1 Å². The van der Waals surface area contributed by atoms with E-state index in [-0.39, 0.29) is 5.75 Å². The summed E-state index contributed by atoms with van der Waals surface area (Å²) in [6.07, 6.45) is 0.916. The molecule has 0 aromatic heterocycles. The van der Waals surface area contributed by atoms with Crippen molar-refractivity contribution in [1.82, 2.24) is 0 Å². The lowest BCUT2D eigenvalue weighted by atomic mass is 10.0. The third kappa shape index (κ3) is 4.76. The van der Waals surface area contributed by atoms with E-state index in [1.54, 1.807) is 12.1 Å². The van der Waals surface area contributed by atoms with Gasteiger partial charge in [-0.3, -0.25) is 0 Å². The number of hydrogen-bond donors (Lipinski definition) is 1. The summed E-state index contributed by atoms with van der Waals surface area (Å²) in [4.78, 5) is 0. The summed E-state index contributed by atoms with van der Waals surface area (Å²) in [5.41, 5.74) is 1.06. The number of rotatable bonds is 2. The minimum absolute atomic E-state index is 0.0316. The molecule has 0 aliphatic carbocycles. The van der Waals surface area contributed by atoms with Crippen molar-refractivity contribution in [2.75, 3.05) is 0 Å². The molecule has 0 aliphatic heterocycles. The molecule has 0 amide bonds. The molecular weight excluding hydrogens is 231 g/mol. The molecule has 0 saturated carbocycles. The van der Waals surface area contributed by atoms with Crippen LogP contribution in [0.1, 0.15) is 33.3 Å². The third-order valence-electron chi connectivity index (χ3n) is 1.72. The molecular formula is C12H18Cl2O. The number of hydrogen-bond acceptors (Lipinski definition) is 1. The number of halogens is 2. The van der Waals surface area contributed by atoms with Gasteiger partial charge in [0.15, 0.2) is 5.75 Å². The minimum atomic E-state index is -0.0316. The molecule has 1 N–H and O–H groups in total. The van der Waals surface area contributed by atoms with Crippen molar-refractivity contribution in [3.63, 3.8) is 0 Å². The van der Waals surface area contributed by atoms with Crippen LogP contribution in [-0.2, 0) is 6.42 Å². The SMILES string of the molecule is CC.CC(C)Cc1cc(Cl)c(O)c(Cl)c1. The number of phenols is 1. The molecule has 0 saturated heterocycles. The van der Waals surface area contributed by atoms with Crippen molar-refractivity contribution in [1.29, 1.82) is 0 Å². The monoisotopic (exact) mass is 248 g/mol. The second-order valence-corrected chi connectivity index (χ2v) is 4.32. The van der Waals surface area contributed by atoms with Crippen molar-refractivity contribution in [2.45, 2.75) is 34.1 Å². The highest BCUT2D eigenvalue weighted by atomic mass is 35.5. The summed E-state index contributed by atoms with van der Waals surface area (Å²) in [7, 11) is 0. The first-order valence-electron chi connectivity index (χ1n) is 5.17. The van der Waals surface area contributed by atoms with E-state index in [0.29, 0.717) is 16.0 Å². The van der Waals surface area contributed by atoms with Crippen LogP contribution in [-0.4, -0.2) is 5.11 Å². The van der Waals surface area contributed by atoms with Gasteiger partial charge in [-0.05, 0) is 30.0 Å². The van der Waals surface area contributed by atoms with Crippen molar-refractivity contribution in [3.8, 4) is 5.75 Å². The van der Waals surface area contributed by atoms with Gasteiger partial charge in [-0.25, -0.2) is 0 Å². The Morgan fingerprint density at radius 3 is 1.87 bits per heavy atom. The number of aromatic hydroxyl groups is 1. The zero-order chi connectivity index (χ0) is 12.0. The highest BCUT2D eigenvalue weighted by Crippen LogP contribution is 2.33. The van der Waals surface area contributed by atoms with Crippen LogP contribution in [0.25, 0.3) is 0 Å². The van der Waals surface area contributed by atoms with Crippen LogP contribution in [0, 0.1) is 5.92 Å². The predicted octanol–water partition coefficient (Wildman–Crippen LogP) is 4.92. The Bertz CT molecular complexity index is 285. The molecule has 0 bridgehead atoms. The Hall–Kier alpha value is -0.400. The number of benzene rings is 1. The Labute approximate surface area is 102 Å². The van der Waals surface area contributed by atoms with Gasteiger partial charge < -0.3 is 5.11 Å². The molecule has 0 atom stereocenters. The van der Waals surface area contributed by atoms with Crippen LogP contribution >= 0.6 is 23.2 Å². The fraction of sp³-hybridized carbons (Fsp3) is 0.500. The van der Waals surface area contributed by atoms with Crippen LogP contribution in [0.5, 0.6) is 5.75 Å². The van der Waals surface area contributed by atoms with Crippen molar-refractivity contribution in [3.05, 3.63) is 27.7 Å². The minimum Gasteiger partial charge on any atom is -0.505 e. The molecule has 0 fully saturated rings. The molecule has 3 heteroatoms. The average Bonchev–Trinajstić information content (AvgIpc) is 2.16. The third-order valence-corrected chi connectivity index (χ3v) is 2.30. The molecule has 0 heterocycles. The molecule has 86 valence electrons. The van der Waals surface area contributed by atoms with Crippen molar-refractivity contribution < 1.29 is 5.11 Å². The lowest BCUT2D eigenvalue weighted by Gasteiger charge is -2.07. The van der Waals surface area contributed by atoms with Gasteiger partial charge in [-0.1, -0.05) is 50.9 Å². The molecule has 0 unspecified atom stereocenters. The Morgan fingerprint density at radius 2 is 1.53 bits per heavy atom. The van der Waals surface area contributed by atoms with Gasteiger partial charge in [-0.15, -0.1) is 0 Å². The molecule has 1 aromatic carbocycles. The molecule has 15 heavy (non-hydrogen) atoms. The Balaban J connectivity index is 0.000000921. The lowest BCUT2D eigenvalue weighted by molar-refractivity contribution is 0.475.